The van der Waals surface area contributed by atoms with Crippen molar-refractivity contribution in [3.05, 3.63) is 47.9 Å². The van der Waals surface area contributed by atoms with Crippen LogP contribution in [0.4, 0.5) is 0 Å². The number of aromatic nitrogens is 5. The predicted octanol–water partition coefficient (Wildman–Crippen LogP) is 2.94. The molecular formula is C18H21N5O2. The zero-order chi connectivity index (χ0) is 17.4. The van der Waals surface area contributed by atoms with E-state index in [0.717, 1.165) is 36.6 Å². The van der Waals surface area contributed by atoms with Gasteiger partial charge < -0.3 is 13.8 Å². The van der Waals surface area contributed by atoms with Crippen LogP contribution in [-0.2, 0) is 23.3 Å². The predicted molar refractivity (Wildman–Crippen MR) is 90.9 cm³/mol. The molecular weight excluding hydrogens is 318 g/mol. The molecule has 0 saturated heterocycles. The van der Waals surface area contributed by atoms with Gasteiger partial charge in [-0.05, 0) is 20.3 Å². The number of hydrogen-bond acceptors (Lipinski definition) is 6. The van der Waals surface area contributed by atoms with Gasteiger partial charge in [0.05, 0.1) is 5.92 Å². The average molecular weight is 339 g/mol. The van der Waals surface area contributed by atoms with Crippen LogP contribution in [0.2, 0.25) is 0 Å². The number of nitrogens with zero attached hydrogens (tertiary/aromatic N) is 5. The van der Waals surface area contributed by atoms with Gasteiger partial charge in [0.15, 0.2) is 5.82 Å². The lowest BCUT2D eigenvalue weighted by molar-refractivity contribution is 0.00973. The summed E-state index contributed by atoms with van der Waals surface area (Å²) in [7, 11) is 1.65. The first-order valence-corrected chi connectivity index (χ1v) is 8.45. The second-order valence-corrected chi connectivity index (χ2v) is 6.82. The molecule has 0 bridgehead atoms. The number of fused-ring (bicyclic) bond motifs is 1. The standard InChI is InChI=1S/C18H21N5O2/c1-18(2,24-3)17-19-16(25-22-17)13-9-10-14-20-21-15(23(14)11-13)12-7-5-4-6-8-12/h4-8,13H,9-11H2,1-3H3. The Morgan fingerprint density at radius 2 is 2.00 bits per heavy atom. The van der Waals surface area contributed by atoms with E-state index in [4.69, 9.17) is 9.26 Å². The van der Waals surface area contributed by atoms with Crippen LogP contribution < -0.4 is 0 Å². The fraction of sp³-hybridized carbons (Fsp3) is 0.444. The number of methoxy groups -OCH3 is 1. The summed E-state index contributed by atoms with van der Waals surface area (Å²) in [6.45, 7) is 4.59. The lowest BCUT2D eigenvalue weighted by Crippen LogP contribution is -2.22. The van der Waals surface area contributed by atoms with E-state index in [1.165, 1.54) is 0 Å². The van der Waals surface area contributed by atoms with Crippen molar-refractivity contribution >= 4 is 0 Å². The maximum absolute atomic E-state index is 5.53. The lowest BCUT2D eigenvalue weighted by atomic mass is 9.98. The molecule has 0 aliphatic carbocycles. The molecule has 7 nitrogen and oxygen atoms in total. The zero-order valence-electron chi connectivity index (χ0n) is 14.6. The molecule has 1 atom stereocenters. The largest absolute Gasteiger partial charge is 0.371 e. The van der Waals surface area contributed by atoms with Crippen LogP contribution in [0.25, 0.3) is 11.4 Å². The van der Waals surface area contributed by atoms with Gasteiger partial charge in [-0.15, -0.1) is 10.2 Å². The molecule has 1 aliphatic rings. The Hall–Kier alpha value is -2.54. The third-order valence-electron chi connectivity index (χ3n) is 4.82. The molecule has 4 rings (SSSR count). The van der Waals surface area contributed by atoms with Crippen LogP contribution in [0.15, 0.2) is 34.9 Å². The molecule has 0 spiro atoms. The molecule has 1 aliphatic heterocycles. The number of aryl methyl sites for hydroxylation is 1. The van der Waals surface area contributed by atoms with Crippen molar-refractivity contribution in [2.45, 2.75) is 44.8 Å². The van der Waals surface area contributed by atoms with Crippen LogP contribution in [0.1, 0.15) is 43.7 Å². The van der Waals surface area contributed by atoms with Gasteiger partial charge in [0.2, 0.25) is 11.7 Å². The highest BCUT2D eigenvalue weighted by Crippen LogP contribution is 2.32. The molecule has 0 saturated carbocycles. The number of hydrogen-bond donors (Lipinski definition) is 0. The van der Waals surface area contributed by atoms with Gasteiger partial charge in [0.1, 0.15) is 11.4 Å². The summed E-state index contributed by atoms with van der Waals surface area (Å²) in [5, 5.41) is 12.8. The molecule has 2 aromatic heterocycles. The minimum atomic E-state index is -0.562. The quantitative estimate of drug-likeness (QED) is 0.727. The molecule has 7 heteroatoms. The molecule has 0 N–H and O–H groups in total. The van der Waals surface area contributed by atoms with Gasteiger partial charge in [-0.3, -0.25) is 0 Å². The fourth-order valence-corrected chi connectivity index (χ4v) is 3.07. The summed E-state index contributed by atoms with van der Waals surface area (Å²) in [5.74, 6) is 3.27. The Kier molecular flexibility index (Phi) is 3.88. The number of rotatable bonds is 4. The maximum atomic E-state index is 5.53. The summed E-state index contributed by atoms with van der Waals surface area (Å²) < 4.78 is 13.1. The molecule has 0 fully saturated rings. The zero-order valence-corrected chi connectivity index (χ0v) is 14.6. The summed E-state index contributed by atoms with van der Waals surface area (Å²) in [4.78, 5) is 4.58. The minimum absolute atomic E-state index is 0.153. The Balaban J connectivity index is 1.62. The molecule has 1 aromatic carbocycles. The summed E-state index contributed by atoms with van der Waals surface area (Å²) in [5.41, 5.74) is 0.501. The molecule has 1 unspecified atom stereocenters. The summed E-state index contributed by atoms with van der Waals surface area (Å²) >= 11 is 0. The molecule has 130 valence electrons. The molecule has 3 heterocycles. The second kappa shape index (κ2) is 6.07. The van der Waals surface area contributed by atoms with Crippen LogP contribution >= 0.6 is 0 Å². The second-order valence-electron chi connectivity index (χ2n) is 6.82. The van der Waals surface area contributed by atoms with Crippen LogP contribution in [0.3, 0.4) is 0 Å². The highest BCUT2D eigenvalue weighted by Gasteiger charge is 2.31. The van der Waals surface area contributed by atoms with Crippen LogP contribution in [0, 0.1) is 0 Å². The van der Waals surface area contributed by atoms with Gasteiger partial charge in [-0.1, -0.05) is 35.5 Å². The summed E-state index contributed by atoms with van der Waals surface area (Å²) in [6.07, 6.45) is 1.76. The van der Waals surface area contributed by atoms with Crippen molar-refractivity contribution in [3.8, 4) is 11.4 Å². The van der Waals surface area contributed by atoms with E-state index in [9.17, 15) is 0 Å². The maximum Gasteiger partial charge on any atom is 0.231 e. The van der Waals surface area contributed by atoms with Crippen LogP contribution in [0.5, 0.6) is 0 Å². The Morgan fingerprint density at radius 1 is 1.20 bits per heavy atom. The highest BCUT2D eigenvalue weighted by atomic mass is 16.5. The SMILES string of the molecule is COC(C)(C)c1noc(C2CCc3nnc(-c4ccccc4)n3C2)n1. The van der Waals surface area contributed by atoms with Crippen molar-refractivity contribution in [3.63, 3.8) is 0 Å². The van der Waals surface area contributed by atoms with E-state index in [1.807, 2.05) is 44.2 Å². The lowest BCUT2D eigenvalue weighted by Gasteiger charge is -2.21. The average Bonchev–Trinajstić information content (AvgIpc) is 3.29. The van der Waals surface area contributed by atoms with E-state index in [-0.39, 0.29) is 5.92 Å². The smallest absolute Gasteiger partial charge is 0.231 e. The van der Waals surface area contributed by atoms with Crippen molar-refractivity contribution in [2.24, 2.45) is 0 Å². The first-order valence-electron chi connectivity index (χ1n) is 8.45. The Morgan fingerprint density at radius 3 is 2.76 bits per heavy atom. The van der Waals surface area contributed by atoms with Crippen molar-refractivity contribution in [2.75, 3.05) is 7.11 Å². The monoisotopic (exact) mass is 339 g/mol. The minimum Gasteiger partial charge on any atom is -0.371 e. The van der Waals surface area contributed by atoms with Crippen molar-refractivity contribution < 1.29 is 9.26 Å². The van der Waals surface area contributed by atoms with E-state index >= 15 is 0 Å². The first kappa shape index (κ1) is 16.0. The van der Waals surface area contributed by atoms with Gasteiger partial charge in [-0.25, -0.2) is 0 Å². The van der Waals surface area contributed by atoms with Gasteiger partial charge in [0.25, 0.3) is 0 Å². The summed E-state index contributed by atoms with van der Waals surface area (Å²) in [6, 6.07) is 10.1. The third-order valence-corrected chi connectivity index (χ3v) is 4.82. The molecule has 25 heavy (non-hydrogen) atoms. The van der Waals surface area contributed by atoms with E-state index in [2.05, 4.69) is 24.9 Å². The topological polar surface area (TPSA) is 78.9 Å². The normalized spacial score (nSPS) is 17.5. The first-order chi connectivity index (χ1) is 12.1. The van der Waals surface area contributed by atoms with E-state index in [1.54, 1.807) is 7.11 Å². The highest BCUT2D eigenvalue weighted by molar-refractivity contribution is 5.55. The molecule has 3 aromatic rings. The molecule has 0 radical (unpaired) electrons. The fourth-order valence-electron chi connectivity index (χ4n) is 3.07. The van der Waals surface area contributed by atoms with Crippen molar-refractivity contribution in [1.82, 2.24) is 24.9 Å². The van der Waals surface area contributed by atoms with Crippen molar-refractivity contribution in [1.29, 1.82) is 0 Å². The Bertz CT molecular complexity index is 869. The number of ether oxygens (including phenoxy) is 1. The number of benzene rings is 1. The van der Waals surface area contributed by atoms with E-state index < -0.39 is 5.60 Å². The van der Waals surface area contributed by atoms with E-state index in [0.29, 0.717) is 11.7 Å². The third kappa shape index (κ3) is 2.84. The molecule has 0 amide bonds. The Labute approximate surface area is 146 Å². The van der Waals surface area contributed by atoms with Gasteiger partial charge in [-0.2, -0.15) is 4.98 Å². The van der Waals surface area contributed by atoms with Gasteiger partial charge in [0, 0.05) is 25.6 Å². The van der Waals surface area contributed by atoms with Gasteiger partial charge >= 0.3 is 0 Å². The van der Waals surface area contributed by atoms with Crippen LogP contribution in [-0.4, -0.2) is 32.0 Å².